The molecule has 4 nitrogen and oxygen atoms in total. The lowest BCUT2D eigenvalue weighted by Crippen LogP contribution is -2.04. The molecule has 0 aliphatic rings. The smallest absolute Gasteiger partial charge is 0.338 e. The number of hydrogen-bond acceptors (Lipinski definition) is 2. The van der Waals surface area contributed by atoms with Gasteiger partial charge in [-0.05, 0) is 23.8 Å². The van der Waals surface area contributed by atoms with Crippen molar-refractivity contribution in [1.82, 2.24) is 9.78 Å². The van der Waals surface area contributed by atoms with Crippen molar-refractivity contribution in [3.05, 3.63) is 53.6 Å². The van der Waals surface area contributed by atoms with Gasteiger partial charge in [0.1, 0.15) is 5.82 Å². The third-order valence-electron chi connectivity index (χ3n) is 2.17. The van der Waals surface area contributed by atoms with Crippen LogP contribution in [0.4, 0.5) is 4.39 Å². The van der Waals surface area contributed by atoms with Crippen LogP contribution < -0.4 is 0 Å². The van der Waals surface area contributed by atoms with E-state index in [1.807, 2.05) is 0 Å². The summed E-state index contributed by atoms with van der Waals surface area (Å²) in [6, 6.07) is 5.82. The van der Waals surface area contributed by atoms with Gasteiger partial charge in [-0.3, -0.25) is 4.68 Å². The van der Waals surface area contributed by atoms with Crippen molar-refractivity contribution in [3.8, 4) is 0 Å². The van der Waals surface area contributed by atoms with E-state index >= 15 is 0 Å². The van der Waals surface area contributed by atoms with E-state index in [0.717, 1.165) is 0 Å². The fourth-order valence-electron chi connectivity index (χ4n) is 1.41. The second-order valence-electron chi connectivity index (χ2n) is 3.32. The van der Waals surface area contributed by atoms with Crippen molar-refractivity contribution in [3.63, 3.8) is 0 Å². The lowest BCUT2D eigenvalue weighted by atomic mass is 10.1. The second-order valence-corrected chi connectivity index (χ2v) is 3.32. The van der Waals surface area contributed by atoms with E-state index < -0.39 is 11.8 Å². The number of rotatable bonds is 3. The van der Waals surface area contributed by atoms with Crippen molar-refractivity contribution in [2.45, 2.75) is 6.54 Å². The van der Waals surface area contributed by atoms with E-state index in [2.05, 4.69) is 5.10 Å². The molecule has 1 aromatic carbocycles. The van der Waals surface area contributed by atoms with Crippen LogP contribution in [0, 0.1) is 5.82 Å². The Morgan fingerprint density at radius 1 is 1.50 bits per heavy atom. The standard InChI is InChI=1S/C11H9FN2O2/c12-10-6-8(2-3-9(10)11(15)16)7-14-5-1-4-13-14/h1-6H,7H2,(H,15,16). The molecule has 1 aromatic heterocycles. The third kappa shape index (κ3) is 2.08. The van der Waals surface area contributed by atoms with Crippen LogP contribution in [0.5, 0.6) is 0 Å². The van der Waals surface area contributed by atoms with Crippen LogP contribution in [0.3, 0.4) is 0 Å². The second kappa shape index (κ2) is 4.14. The molecule has 2 aromatic rings. The van der Waals surface area contributed by atoms with Gasteiger partial charge in [-0.2, -0.15) is 5.10 Å². The molecule has 0 spiro atoms. The molecule has 0 aliphatic carbocycles. The topological polar surface area (TPSA) is 55.1 Å². The molecular weight excluding hydrogens is 211 g/mol. The Bertz CT molecular complexity index is 509. The highest BCUT2D eigenvalue weighted by molar-refractivity contribution is 5.87. The van der Waals surface area contributed by atoms with E-state index in [0.29, 0.717) is 12.1 Å². The zero-order valence-electron chi connectivity index (χ0n) is 8.30. The summed E-state index contributed by atoms with van der Waals surface area (Å²) in [4.78, 5) is 10.6. The van der Waals surface area contributed by atoms with Crippen LogP contribution >= 0.6 is 0 Å². The fourth-order valence-corrected chi connectivity index (χ4v) is 1.41. The lowest BCUT2D eigenvalue weighted by Gasteiger charge is -2.03. The number of aromatic carboxylic acids is 1. The van der Waals surface area contributed by atoms with E-state index in [4.69, 9.17) is 5.11 Å². The van der Waals surface area contributed by atoms with E-state index in [1.54, 1.807) is 29.2 Å². The van der Waals surface area contributed by atoms with Crippen LogP contribution in [0.15, 0.2) is 36.7 Å². The minimum absolute atomic E-state index is 0.316. The Morgan fingerprint density at radius 3 is 2.88 bits per heavy atom. The Balaban J connectivity index is 2.24. The number of aromatic nitrogens is 2. The molecule has 1 N–H and O–H groups in total. The first kappa shape index (κ1) is 10.4. The molecule has 0 unspecified atom stereocenters. The van der Waals surface area contributed by atoms with Crippen molar-refractivity contribution >= 4 is 5.97 Å². The highest BCUT2D eigenvalue weighted by Gasteiger charge is 2.10. The van der Waals surface area contributed by atoms with Gasteiger partial charge >= 0.3 is 5.97 Å². The average molecular weight is 220 g/mol. The highest BCUT2D eigenvalue weighted by atomic mass is 19.1. The molecule has 0 aliphatic heterocycles. The van der Waals surface area contributed by atoms with Crippen molar-refractivity contribution in [1.29, 1.82) is 0 Å². The first-order valence-electron chi connectivity index (χ1n) is 4.66. The van der Waals surface area contributed by atoms with Gasteiger partial charge < -0.3 is 5.11 Å². The van der Waals surface area contributed by atoms with Crippen LogP contribution in [-0.4, -0.2) is 20.9 Å². The van der Waals surface area contributed by atoms with E-state index in [1.165, 1.54) is 12.1 Å². The molecule has 16 heavy (non-hydrogen) atoms. The van der Waals surface area contributed by atoms with Gasteiger partial charge in [0.25, 0.3) is 0 Å². The summed E-state index contributed by atoms with van der Waals surface area (Å²) >= 11 is 0. The predicted octanol–water partition coefficient (Wildman–Crippen LogP) is 1.77. The minimum atomic E-state index is -1.26. The summed E-state index contributed by atoms with van der Waals surface area (Å²) in [7, 11) is 0. The maximum absolute atomic E-state index is 13.3. The highest BCUT2D eigenvalue weighted by Crippen LogP contribution is 2.11. The quantitative estimate of drug-likeness (QED) is 0.857. The Labute approximate surface area is 90.9 Å². The van der Waals surface area contributed by atoms with Gasteiger partial charge in [0.2, 0.25) is 0 Å². The van der Waals surface area contributed by atoms with Gasteiger partial charge in [-0.15, -0.1) is 0 Å². The van der Waals surface area contributed by atoms with Gasteiger partial charge in [-0.25, -0.2) is 9.18 Å². The van der Waals surface area contributed by atoms with E-state index in [9.17, 15) is 9.18 Å². The van der Waals surface area contributed by atoms with Crippen LogP contribution in [0.2, 0.25) is 0 Å². The maximum atomic E-state index is 13.3. The van der Waals surface area contributed by atoms with Gasteiger partial charge in [0, 0.05) is 12.4 Å². The maximum Gasteiger partial charge on any atom is 0.338 e. The van der Waals surface area contributed by atoms with Crippen LogP contribution in [0.1, 0.15) is 15.9 Å². The van der Waals surface area contributed by atoms with Crippen LogP contribution in [-0.2, 0) is 6.54 Å². The molecule has 0 saturated heterocycles. The zero-order valence-corrected chi connectivity index (χ0v) is 8.30. The van der Waals surface area contributed by atoms with Crippen molar-refractivity contribution < 1.29 is 14.3 Å². The summed E-state index contributed by atoms with van der Waals surface area (Å²) in [5, 5.41) is 12.6. The number of carbonyl (C=O) groups is 1. The minimum Gasteiger partial charge on any atom is -0.478 e. The number of carboxylic acids is 1. The fraction of sp³-hybridized carbons (Fsp3) is 0.0909. The average Bonchev–Trinajstić information content (AvgIpc) is 2.70. The molecular formula is C11H9FN2O2. The lowest BCUT2D eigenvalue weighted by molar-refractivity contribution is 0.0692. The monoisotopic (exact) mass is 220 g/mol. The molecule has 0 radical (unpaired) electrons. The molecule has 0 saturated carbocycles. The normalized spacial score (nSPS) is 10.3. The predicted molar refractivity (Wildman–Crippen MR) is 54.7 cm³/mol. The first-order valence-corrected chi connectivity index (χ1v) is 4.66. The Kier molecular flexibility index (Phi) is 2.68. The SMILES string of the molecule is O=C(O)c1ccc(Cn2cccn2)cc1F. The number of halogens is 1. The molecule has 0 bridgehead atoms. The molecule has 82 valence electrons. The summed E-state index contributed by atoms with van der Waals surface area (Å²) < 4.78 is 15.0. The molecule has 5 heteroatoms. The number of carboxylic acid groups (broad SMARTS) is 1. The van der Waals surface area contributed by atoms with Crippen molar-refractivity contribution in [2.75, 3.05) is 0 Å². The largest absolute Gasteiger partial charge is 0.478 e. The Hall–Kier alpha value is -2.17. The summed E-state index contributed by atoms with van der Waals surface area (Å²) in [6.45, 7) is 0.420. The summed E-state index contributed by atoms with van der Waals surface area (Å²) in [6.07, 6.45) is 3.38. The van der Waals surface area contributed by atoms with Crippen molar-refractivity contribution in [2.24, 2.45) is 0 Å². The molecule has 0 atom stereocenters. The molecule has 0 amide bonds. The van der Waals surface area contributed by atoms with Crippen LogP contribution in [0.25, 0.3) is 0 Å². The van der Waals surface area contributed by atoms with Gasteiger partial charge in [0.05, 0.1) is 12.1 Å². The Morgan fingerprint density at radius 2 is 2.31 bits per heavy atom. The summed E-state index contributed by atoms with van der Waals surface area (Å²) in [5.41, 5.74) is 0.357. The number of nitrogens with zero attached hydrogens (tertiary/aromatic N) is 2. The van der Waals surface area contributed by atoms with E-state index in [-0.39, 0.29) is 5.56 Å². The summed E-state index contributed by atoms with van der Waals surface area (Å²) in [5.74, 6) is -1.99. The number of hydrogen-bond donors (Lipinski definition) is 1. The molecule has 0 fully saturated rings. The first-order chi connectivity index (χ1) is 7.66. The zero-order chi connectivity index (χ0) is 11.5. The third-order valence-corrected chi connectivity index (χ3v) is 2.17. The van der Waals surface area contributed by atoms with Gasteiger partial charge in [0.15, 0.2) is 0 Å². The van der Waals surface area contributed by atoms with Gasteiger partial charge in [-0.1, -0.05) is 6.07 Å². The molecule has 1 heterocycles. The number of benzene rings is 1. The molecule has 2 rings (SSSR count).